The van der Waals surface area contributed by atoms with Gasteiger partial charge in [-0.3, -0.25) is 9.59 Å². The molecule has 0 saturated carbocycles. The molecule has 0 radical (unpaired) electrons. The van der Waals surface area contributed by atoms with E-state index in [1.54, 1.807) is 0 Å². The molecular weight excluding hydrogens is 923 g/mol. The SMILES string of the molecule is CC(=O)O[C@H]1[C@H](OC(C)=O)[C@@H](C[C@H]2O[C@H](COCc3ccccc3)[C@@H](OCc3ccccc3)[C@H](OCc3ccccc3)[C@H]2OCc2ccccc2)N[C@@H]1CO[Si](c1ccccc1)(c1ccccc1)C(C)(C)C. The van der Waals surface area contributed by atoms with Crippen LogP contribution in [0.25, 0.3) is 0 Å². The van der Waals surface area contributed by atoms with E-state index < -0.39 is 75.1 Å². The van der Waals surface area contributed by atoms with Gasteiger partial charge >= 0.3 is 11.9 Å². The molecule has 11 nitrogen and oxygen atoms in total. The van der Waals surface area contributed by atoms with Crippen molar-refractivity contribution < 1.29 is 47.2 Å². The number of nitrogens with one attached hydrogen (secondary N) is 1. The van der Waals surface area contributed by atoms with Crippen LogP contribution in [0.3, 0.4) is 0 Å². The van der Waals surface area contributed by atoms with Crippen molar-refractivity contribution in [2.24, 2.45) is 0 Å². The maximum Gasteiger partial charge on any atom is 0.303 e. The summed E-state index contributed by atoms with van der Waals surface area (Å²) in [5, 5.41) is 5.68. The first kappa shape index (κ1) is 52.5. The quantitative estimate of drug-likeness (QED) is 0.0519. The molecule has 0 aromatic heterocycles. The number of rotatable bonds is 22. The van der Waals surface area contributed by atoms with Crippen molar-refractivity contribution in [2.45, 2.75) is 127 Å². The molecule has 2 aliphatic heterocycles. The average Bonchev–Trinajstić information content (AvgIpc) is 3.69. The Morgan fingerprint density at radius 1 is 0.472 bits per heavy atom. The molecule has 378 valence electrons. The number of carbonyl (C=O) groups excluding carboxylic acids is 2. The zero-order chi connectivity index (χ0) is 50.3. The van der Waals surface area contributed by atoms with Crippen LogP contribution in [0.2, 0.25) is 5.04 Å². The summed E-state index contributed by atoms with van der Waals surface area (Å²) in [5.74, 6) is -1.01. The minimum Gasteiger partial charge on any atom is -0.457 e. The molecule has 0 spiro atoms. The summed E-state index contributed by atoms with van der Waals surface area (Å²) in [6.45, 7) is 10.9. The van der Waals surface area contributed by atoms with Crippen molar-refractivity contribution in [2.75, 3.05) is 13.2 Å². The molecule has 9 atom stereocenters. The monoisotopic (exact) mass is 991 g/mol. The average molecular weight is 992 g/mol. The summed E-state index contributed by atoms with van der Waals surface area (Å²) in [4.78, 5) is 26.3. The van der Waals surface area contributed by atoms with E-state index in [-0.39, 0.29) is 37.9 Å². The first-order chi connectivity index (χ1) is 35.0. The fraction of sp³-hybridized carbons (Fsp3) is 0.367. The highest BCUT2D eigenvalue weighted by Gasteiger charge is 2.55. The fourth-order valence-corrected chi connectivity index (χ4v) is 14.8. The molecule has 72 heavy (non-hydrogen) atoms. The van der Waals surface area contributed by atoms with Crippen LogP contribution in [0, 0.1) is 0 Å². The highest BCUT2D eigenvalue weighted by atomic mass is 28.4. The van der Waals surface area contributed by atoms with E-state index in [1.165, 1.54) is 13.8 Å². The number of hydrogen-bond donors (Lipinski definition) is 1. The molecular formula is C60H69NO10Si. The molecule has 6 aromatic carbocycles. The van der Waals surface area contributed by atoms with E-state index in [2.05, 4.69) is 50.4 Å². The lowest BCUT2D eigenvalue weighted by atomic mass is 9.89. The van der Waals surface area contributed by atoms with Crippen LogP contribution < -0.4 is 15.7 Å². The van der Waals surface area contributed by atoms with Crippen LogP contribution in [0.5, 0.6) is 0 Å². The Morgan fingerprint density at radius 2 is 0.847 bits per heavy atom. The highest BCUT2D eigenvalue weighted by Crippen LogP contribution is 2.39. The van der Waals surface area contributed by atoms with Gasteiger partial charge in [0.25, 0.3) is 8.32 Å². The summed E-state index contributed by atoms with van der Waals surface area (Å²) in [5.41, 5.74) is 3.98. The van der Waals surface area contributed by atoms with Gasteiger partial charge in [-0.05, 0) is 44.1 Å². The van der Waals surface area contributed by atoms with Crippen molar-refractivity contribution in [3.63, 3.8) is 0 Å². The number of benzene rings is 6. The molecule has 8 rings (SSSR count). The summed E-state index contributed by atoms with van der Waals surface area (Å²) < 4.78 is 54.7. The standard InChI is InChI=1S/C60H69NO10Si/c1-43(62)69-55-51(61-52(56(55)70-44(2)63)41-68-72(60(3,4)5,49-32-20-10-21-33-49)50-34-22-11-23-35-50)36-53-57(65-38-46-26-14-7-15-27-46)59(67-40-48-30-18-9-19-31-48)58(66-39-47-28-16-8-17-29-47)54(71-53)42-64-37-45-24-12-6-13-25-45/h6-35,51-59,61H,36-42H2,1-5H3/t51-,52-,53-,54-,55-,56-,57+,58-,59-/m1/s1. The third-order valence-electron chi connectivity index (χ3n) is 13.5. The van der Waals surface area contributed by atoms with Gasteiger partial charge in [-0.2, -0.15) is 0 Å². The lowest BCUT2D eigenvalue weighted by Gasteiger charge is -2.47. The topological polar surface area (TPSA) is 120 Å². The zero-order valence-corrected chi connectivity index (χ0v) is 43.0. The molecule has 0 bridgehead atoms. The summed E-state index contributed by atoms with van der Waals surface area (Å²) in [7, 11) is -3.07. The van der Waals surface area contributed by atoms with Crippen molar-refractivity contribution in [3.8, 4) is 0 Å². The Hall–Kier alpha value is -5.80. The lowest BCUT2D eigenvalue weighted by molar-refractivity contribution is -0.275. The molecule has 0 unspecified atom stereocenters. The maximum atomic E-state index is 13.2. The van der Waals surface area contributed by atoms with Gasteiger partial charge in [-0.15, -0.1) is 0 Å². The van der Waals surface area contributed by atoms with Gasteiger partial charge in [-0.25, -0.2) is 0 Å². The number of ether oxygens (including phenoxy) is 7. The Morgan fingerprint density at radius 3 is 1.26 bits per heavy atom. The van der Waals surface area contributed by atoms with E-state index >= 15 is 0 Å². The van der Waals surface area contributed by atoms with Gasteiger partial charge in [0.05, 0.1) is 57.8 Å². The van der Waals surface area contributed by atoms with Gasteiger partial charge in [0.1, 0.15) is 24.4 Å². The van der Waals surface area contributed by atoms with Crippen molar-refractivity contribution >= 4 is 30.6 Å². The third-order valence-corrected chi connectivity index (χ3v) is 18.5. The van der Waals surface area contributed by atoms with Crippen LogP contribution in [0.4, 0.5) is 0 Å². The summed E-state index contributed by atoms with van der Waals surface area (Å²) >= 11 is 0. The summed E-state index contributed by atoms with van der Waals surface area (Å²) in [6.07, 6.45) is -4.90. The van der Waals surface area contributed by atoms with Gasteiger partial charge in [0.15, 0.2) is 12.2 Å². The molecule has 12 heteroatoms. The van der Waals surface area contributed by atoms with Gasteiger partial charge < -0.3 is 42.9 Å². The van der Waals surface area contributed by atoms with Gasteiger partial charge in [0.2, 0.25) is 0 Å². The van der Waals surface area contributed by atoms with Crippen molar-refractivity contribution in [3.05, 3.63) is 204 Å². The second kappa shape index (κ2) is 25.2. The Kier molecular flexibility index (Phi) is 18.4. The second-order valence-electron chi connectivity index (χ2n) is 19.7. The minimum absolute atomic E-state index is 0.146. The molecule has 6 aromatic rings. The van der Waals surface area contributed by atoms with Gasteiger partial charge in [0, 0.05) is 13.8 Å². The van der Waals surface area contributed by atoms with Crippen molar-refractivity contribution in [1.29, 1.82) is 0 Å². The predicted molar refractivity (Wildman–Crippen MR) is 280 cm³/mol. The van der Waals surface area contributed by atoms with Crippen LogP contribution in [0.1, 0.15) is 63.3 Å². The Labute approximate surface area is 426 Å². The second-order valence-corrected chi connectivity index (χ2v) is 24.0. The van der Waals surface area contributed by atoms with Gasteiger partial charge in [-0.1, -0.05) is 203 Å². The highest BCUT2D eigenvalue weighted by molar-refractivity contribution is 6.99. The van der Waals surface area contributed by atoms with E-state index in [9.17, 15) is 9.59 Å². The summed E-state index contributed by atoms with van der Waals surface area (Å²) in [6, 6.07) is 59.7. The van der Waals surface area contributed by atoms with Crippen LogP contribution in [0.15, 0.2) is 182 Å². The lowest BCUT2D eigenvalue weighted by Crippen LogP contribution is -2.67. The fourth-order valence-electron chi connectivity index (χ4n) is 10.3. The van der Waals surface area contributed by atoms with E-state index in [4.69, 9.17) is 37.6 Å². The number of esters is 2. The molecule has 0 amide bonds. The molecule has 2 fully saturated rings. The molecule has 1 N–H and O–H groups in total. The molecule has 2 saturated heterocycles. The van der Waals surface area contributed by atoms with E-state index in [1.807, 2.05) is 158 Å². The molecule has 2 aliphatic rings. The predicted octanol–water partition coefficient (Wildman–Crippen LogP) is 8.90. The van der Waals surface area contributed by atoms with E-state index in [0.29, 0.717) is 13.2 Å². The molecule has 0 aliphatic carbocycles. The van der Waals surface area contributed by atoms with E-state index in [0.717, 1.165) is 32.6 Å². The first-order valence-corrected chi connectivity index (χ1v) is 27.0. The Balaban J connectivity index is 1.17. The van der Waals surface area contributed by atoms with Crippen molar-refractivity contribution in [1.82, 2.24) is 5.32 Å². The van der Waals surface area contributed by atoms with Crippen LogP contribution in [-0.2, 0) is 73.6 Å². The molecule has 2 heterocycles. The first-order valence-electron chi connectivity index (χ1n) is 25.1. The Bertz CT molecular complexity index is 2510. The normalized spacial score (nSPS) is 23.3. The minimum atomic E-state index is -3.07. The maximum absolute atomic E-state index is 13.2. The smallest absolute Gasteiger partial charge is 0.303 e. The number of carbonyl (C=O) groups is 2. The largest absolute Gasteiger partial charge is 0.457 e. The third kappa shape index (κ3) is 13.4. The van der Waals surface area contributed by atoms with Crippen LogP contribution >= 0.6 is 0 Å². The zero-order valence-electron chi connectivity index (χ0n) is 42.0. The van der Waals surface area contributed by atoms with Crippen LogP contribution in [-0.4, -0.2) is 88.3 Å². The number of hydrogen-bond acceptors (Lipinski definition) is 11.